The molecule has 1 heterocycles. The van der Waals surface area contributed by atoms with E-state index < -0.39 is 22.1 Å². The molecule has 1 amide bonds. The molecule has 0 saturated carbocycles. The molecule has 132 valence electrons. The Morgan fingerprint density at radius 3 is 2.56 bits per heavy atom. The Bertz CT molecular complexity index is 875. The Morgan fingerprint density at radius 1 is 1.24 bits per heavy atom. The van der Waals surface area contributed by atoms with Crippen LogP contribution in [0.15, 0.2) is 35.1 Å². The molecule has 1 aromatic heterocycles. The summed E-state index contributed by atoms with van der Waals surface area (Å²) in [7, 11) is 2.95. The Hall–Kier alpha value is -3.36. The minimum Gasteiger partial charge on any atom is -0.497 e. The molecule has 0 fully saturated rings. The number of hydrogen-bond acceptors (Lipinski definition) is 6. The molecule has 0 aliphatic carbocycles. The number of benzene rings is 1. The summed E-state index contributed by atoms with van der Waals surface area (Å²) in [4.78, 5) is 34.5. The van der Waals surface area contributed by atoms with E-state index in [-0.39, 0.29) is 6.54 Å². The van der Waals surface area contributed by atoms with Gasteiger partial charge in [0.15, 0.2) is 0 Å². The Labute approximate surface area is 142 Å². The number of rotatable bonds is 6. The molecular weight excluding hydrogens is 330 g/mol. The van der Waals surface area contributed by atoms with Crippen LogP contribution in [0.4, 0.5) is 11.4 Å². The van der Waals surface area contributed by atoms with E-state index in [9.17, 15) is 19.7 Å². The highest BCUT2D eigenvalue weighted by Gasteiger charge is 2.18. The van der Waals surface area contributed by atoms with E-state index in [0.717, 1.165) is 10.6 Å². The highest BCUT2D eigenvalue weighted by Crippen LogP contribution is 2.28. The number of ether oxygens (including phenoxy) is 2. The average molecular weight is 347 g/mol. The molecule has 0 unspecified atom stereocenters. The number of nitrogens with one attached hydrogen (secondary N) is 1. The molecular formula is C16H17N3O6. The molecule has 0 radical (unpaired) electrons. The summed E-state index contributed by atoms with van der Waals surface area (Å²) in [5.74, 6) is 0.422. The van der Waals surface area contributed by atoms with Crippen molar-refractivity contribution < 1.29 is 19.2 Å². The van der Waals surface area contributed by atoms with E-state index in [1.807, 2.05) is 0 Å². The minimum absolute atomic E-state index is 0.360. The van der Waals surface area contributed by atoms with Gasteiger partial charge in [0.2, 0.25) is 5.91 Å². The first-order chi connectivity index (χ1) is 11.9. The third-order valence-corrected chi connectivity index (χ3v) is 3.55. The fraction of sp³-hybridized carbons (Fsp3) is 0.250. The molecule has 0 aliphatic heterocycles. The lowest BCUT2D eigenvalue weighted by Gasteiger charge is -2.13. The molecule has 0 atom stereocenters. The van der Waals surface area contributed by atoms with Crippen LogP contribution in [0.25, 0.3) is 0 Å². The Kier molecular flexibility index (Phi) is 5.38. The summed E-state index contributed by atoms with van der Waals surface area (Å²) in [6.07, 6.45) is 0. The number of carbonyl (C=O) groups is 1. The number of methoxy groups -OCH3 is 2. The van der Waals surface area contributed by atoms with Gasteiger partial charge in [-0.15, -0.1) is 0 Å². The van der Waals surface area contributed by atoms with Gasteiger partial charge in [0.05, 0.1) is 24.8 Å². The zero-order valence-electron chi connectivity index (χ0n) is 13.9. The van der Waals surface area contributed by atoms with Crippen LogP contribution in [0, 0.1) is 17.0 Å². The van der Waals surface area contributed by atoms with E-state index in [0.29, 0.717) is 22.9 Å². The van der Waals surface area contributed by atoms with E-state index in [1.54, 1.807) is 25.1 Å². The zero-order chi connectivity index (χ0) is 18.6. The zero-order valence-corrected chi connectivity index (χ0v) is 13.9. The lowest BCUT2D eigenvalue weighted by molar-refractivity contribution is -0.386. The Morgan fingerprint density at radius 2 is 1.96 bits per heavy atom. The molecule has 1 aromatic carbocycles. The van der Waals surface area contributed by atoms with Crippen molar-refractivity contribution in [1.82, 2.24) is 4.57 Å². The first kappa shape index (κ1) is 18.0. The van der Waals surface area contributed by atoms with Crippen molar-refractivity contribution in [2.75, 3.05) is 19.5 Å². The molecule has 0 aliphatic rings. The number of hydrogen-bond donors (Lipinski definition) is 1. The van der Waals surface area contributed by atoms with Gasteiger partial charge in [0.1, 0.15) is 18.0 Å². The fourth-order valence-corrected chi connectivity index (χ4v) is 2.23. The van der Waals surface area contributed by atoms with E-state index in [4.69, 9.17) is 9.47 Å². The van der Waals surface area contributed by atoms with Crippen LogP contribution < -0.4 is 20.3 Å². The van der Waals surface area contributed by atoms with Gasteiger partial charge in [-0.1, -0.05) is 0 Å². The van der Waals surface area contributed by atoms with Gasteiger partial charge in [0.25, 0.3) is 0 Å². The molecule has 25 heavy (non-hydrogen) atoms. The van der Waals surface area contributed by atoms with Gasteiger partial charge in [-0.2, -0.15) is 0 Å². The number of carbonyl (C=O) groups excluding carboxylic acids is 1. The van der Waals surface area contributed by atoms with Gasteiger partial charge in [0, 0.05) is 17.8 Å². The summed E-state index contributed by atoms with van der Waals surface area (Å²) >= 11 is 0. The van der Waals surface area contributed by atoms with Crippen LogP contribution in [0.2, 0.25) is 0 Å². The van der Waals surface area contributed by atoms with Crippen molar-refractivity contribution in [3.05, 3.63) is 56.5 Å². The topological polar surface area (TPSA) is 113 Å². The number of nitro groups is 1. The number of pyridine rings is 1. The summed E-state index contributed by atoms with van der Waals surface area (Å²) < 4.78 is 11.3. The van der Waals surface area contributed by atoms with Gasteiger partial charge in [-0.3, -0.25) is 24.3 Å². The van der Waals surface area contributed by atoms with Crippen LogP contribution in [-0.2, 0) is 11.3 Å². The van der Waals surface area contributed by atoms with Crippen LogP contribution in [0.1, 0.15) is 5.69 Å². The molecule has 0 bridgehead atoms. The van der Waals surface area contributed by atoms with Gasteiger partial charge in [-0.05, 0) is 25.1 Å². The predicted octanol–water partition coefficient (Wildman–Crippen LogP) is 1.72. The molecule has 2 rings (SSSR count). The summed E-state index contributed by atoms with van der Waals surface area (Å²) in [5, 5.41) is 13.5. The van der Waals surface area contributed by atoms with E-state index in [1.165, 1.54) is 20.3 Å². The molecule has 9 heteroatoms. The summed E-state index contributed by atoms with van der Waals surface area (Å²) in [6, 6.07) is 7.38. The van der Waals surface area contributed by atoms with Crippen molar-refractivity contribution in [2.24, 2.45) is 0 Å². The SMILES string of the molecule is COc1ccc(NC(=O)Cn2c(C)ccc([N+](=O)[O-])c2=O)c(OC)c1. The summed E-state index contributed by atoms with van der Waals surface area (Å²) in [6.45, 7) is 1.23. The van der Waals surface area contributed by atoms with Crippen molar-refractivity contribution >= 4 is 17.3 Å². The molecule has 2 aromatic rings. The number of aryl methyl sites for hydroxylation is 1. The predicted molar refractivity (Wildman–Crippen MR) is 90.3 cm³/mol. The highest BCUT2D eigenvalue weighted by molar-refractivity contribution is 5.92. The van der Waals surface area contributed by atoms with Crippen LogP contribution >= 0.6 is 0 Å². The second-order valence-electron chi connectivity index (χ2n) is 5.12. The smallest absolute Gasteiger partial charge is 0.334 e. The van der Waals surface area contributed by atoms with Gasteiger partial charge < -0.3 is 14.8 Å². The van der Waals surface area contributed by atoms with Gasteiger partial charge in [-0.25, -0.2) is 0 Å². The van der Waals surface area contributed by atoms with Crippen LogP contribution in [-0.4, -0.2) is 29.6 Å². The maximum Gasteiger partial charge on any atom is 0.334 e. The number of anilines is 1. The molecule has 0 saturated heterocycles. The minimum atomic E-state index is -0.832. The third kappa shape index (κ3) is 3.94. The van der Waals surface area contributed by atoms with Crippen molar-refractivity contribution in [1.29, 1.82) is 0 Å². The maximum atomic E-state index is 12.3. The van der Waals surface area contributed by atoms with E-state index >= 15 is 0 Å². The first-order valence-electron chi connectivity index (χ1n) is 7.24. The van der Waals surface area contributed by atoms with Crippen molar-refractivity contribution in [3.8, 4) is 11.5 Å². The lowest BCUT2D eigenvalue weighted by atomic mass is 10.2. The third-order valence-electron chi connectivity index (χ3n) is 3.55. The van der Waals surface area contributed by atoms with Crippen LogP contribution in [0.5, 0.6) is 11.5 Å². The Balaban J connectivity index is 2.26. The van der Waals surface area contributed by atoms with E-state index in [2.05, 4.69) is 5.32 Å². The molecule has 1 N–H and O–H groups in total. The summed E-state index contributed by atoms with van der Waals surface area (Å²) in [5.41, 5.74) is -0.584. The molecule has 0 spiro atoms. The largest absolute Gasteiger partial charge is 0.497 e. The second kappa shape index (κ2) is 7.47. The van der Waals surface area contributed by atoms with Gasteiger partial charge >= 0.3 is 11.2 Å². The standard InChI is InChI=1S/C16H17N3O6/c1-10-4-7-13(19(22)23)16(21)18(10)9-15(20)17-12-6-5-11(24-2)8-14(12)25-3/h4-8H,9H2,1-3H3,(H,17,20). The molecule has 9 nitrogen and oxygen atoms in total. The average Bonchev–Trinajstić information content (AvgIpc) is 2.58. The second-order valence-corrected chi connectivity index (χ2v) is 5.12. The normalized spacial score (nSPS) is 10.2. The lowest BCUT2D eigenvalue weighted by Crippen LogP contribution is -2.30. The quantitative estimate of drug-likeness (QED) is 0.629. The highest BCUT2D eigenvalue weighted by atomic mass is 16.6. The van der Waals surface area contributed by atoms with Crippen molar-refractivity contribution in [2.45, 2.75) is 13.5 Å². The number of nitrogens with zero attached hydrogens (tertiary/aromatic N) is 2. The maximum absolute atomic E-state index is 12.3. The first-order valence-corrected chi connectivity index (χ1v) is 7.24. The van der Waals surface area contributed by atoms with Crippen LogP contribution in [0.3, 0.4) is 0 Å². The number of amides is 1. The van der Waals surface area contributed by atoms with Crippen molar-refractivity contribution in [3.63, 3.8) is 0 Å². The number of aromatic nitrogens is 1. The fourth-order valence-electron chi connectivity index (χ4n) is 2.23. The monoisotopic (exact) mass is 347 g/mol.